The van der Waals surface area contributed by atoms with Crippen LogP contribution in [0, 0.1) is 20.2 Å². The van der Waals surface area contributed by atoms with Crippen molar-refractivity contribution >= 4 is 28.8 Å². The minimum Gasteiger partial charge on any atom is -0.370 e. The van der Waals surface area contributed by atoms with Gasteiger partial charge < -0.3 is 5.32 Å². The van der Waals surface area contributed by atoms with E-state index in [1.165, 1.54) is 31.4 Å². The van der Waals surface area contributed by atoms with Gasteiger partial charge in [-0.05, 0) is 18.9 Å². The standard InChI is InChI=1S/C15H23N3O4S/c1-3-5-6-7-13(4-2)23-11-16-14-9-8-12(17(19)20)10-15(14)18(21)22/h8-10,13,16H,3-7,11H2,1-2H3/t13-/m0/s1. The van der Waals surface area contributed by atoms with Crippen molar-refractivity contribution in [3.8, 4) is 0 Å². The molecule has 128 valence electrons. The highest BCUT2D eigenvalue weighted by Gasteiger charge is 2.19. The summed E-state index contributed by atoms with van der Waals surface area (Å²) in [6, 6.07) is 3.67. The Kier molecular flexibility index (Phi) is 8.39. The number of hydrogen-bond donors (Lipinski definition) is 1. The quantitative estimate of drug-likeness (QED) is 0.264. The minimum atomic E-state index is -0.633. The molecule has 0 radical (unpaired) electrons. The molecule has 0 heterocycles. The van der Waals surface area contributed by atoms with E-state index in [4.69, 9.17) is 0 Å². The number of nitro benzene ring substituents is 2. The van der Waals surface area contributed by atoms with E-state index in [0.717, 1.165) is 18.9 Å². The first kappa shape index (κ1) is 19.2. The first-order valence-corrected chi connectivity index (χ1v) is 8.82. The summed E-state index contributed by atoms with van der Waals surface area (Å²) in [6.07, 6.45) is 5.80. The molecule has 0 spiro atoms. The summed E-state index contributed by atoms with van der Waals surface area (Å²) >= 11 is 1.73. The average Bonchev–Trinajstić information content (AvgIpc) is 2.53. The third-order valence-electron chi connectivity index (χ3n) is 3.56. The van der Waals surface area contributed by atoms with Crippen LogP contribution in [-0.4, -0.2) is 21.0 Å². The Balaban J connectivity index is 2.62. The molecule has 1 aromatic rings. The molecule has 0 aliphatic rings. The number of benzene rings is 1. The molecule has 7 nitrogen and oxygen atoms in total. The van der Waals surface area contributed by atoms with Crippen molar-refractivity contribution in [1.82, 2.24) is 0 Å². The summed E-state index contributed by atoms with van der Waals surface area (Å²) in [6.45, 7) is 4.31. The van der Waals surface area contributed by atoms with E-state index in [1.54, 1.807) is 11.8 Å². The number of non-ortho nitro benzene ring substituents is 1. The molecule has 0 saturated carbocycles. The number of nitro groups is 2. The van der Waals surface area contributed by atoms with Crippen LogP contribution in [0.25, 0.3) is 0 Å². The smallest absolute Gasteiger partial charge is 0.299 e. The van der Waals surface area contributed by atoms with Crippen molar-refractivity contribution in [3.05, 3.63) is 38.4 Å². The highest BCUT2D eigenvalue weighted by molar-refractivity contribution is 7.99. The van der Waals surface area contributed by atoms with Crippen LogP contribution in [0.5, 0.6) is 0 Å². The number of nitrogens with one attached hydrogen (secondary N) is 1. The molecule has 0 fully saturated rings. The third kappa shape index (κ3) is 6.43. The second kappa shape index (κ2) is 10.0. The van der Waals surface area contributed by atoms with Crippen molar-refractivity contribution in [2.75, 3.05) is 11.2 Å². The molecule has 0 bridgehead atoms. The van der Waals surface area contributed by atoms with Crippen molar-refractivity contribution in [1.29, 1.82) is 0 Å². The number of thioether (sulfide) groups is 1. The maximum absolute atomic E-state index is 11.1. The van der Waals surface area contributed by atoms with Crippen LogP contribution in [-0.2, 0) is 0 Å². The lowest BCUT2D eigenvalue weighted by Crippen LogP contribution is -2.08. The van der Waals surface area contributed by atoms with E-state index in [2.05, 4.69) is 19.2 Å². The largest absolute Gasteiger partial charge is 0.370 e. The van der Waals surface area contributed by atoms with Gasteiger partial charge in [0.15, 0.2) is 0 Å². The molecule has 1 atom stereocenters. The molecule has 0 aliphatic carbocycles. The predicted octanol–water partition coefficient (Wildman–Crippen LogP) is 4.96. The molecule has 0 saturated heterocycles. The zero-order chi connectivity index (χ0) is 17.2. The van der Waals surface area contributed by atoms with E-state index in [1.807, 2.05) is 0 Å². The molecule has 8 heteroatoms. The summed E-state index contributed by atoms with van der Waals surface area (Å²) in [4.78, 5) is 20.5. The molecular formula is C15H23N3O4S. The van der Waals surface area contributed by atoms with Crippen molar-refractivity contribution in [2.24, 2.45) is 0 Å². The zero-order valence-corrected chi connectivity index (χ0v) is 14.3. The lowest BCUT2D eigenvalue weighted by atomic mass is 10.1. The van der Waals surface area contributed by atoms with Gasteiger partial charge in [0.2, 0.25) is 0 Å². The highest BCUT2D eigenvalue weighted by atomic mass is 32.2. The lowest BCUT2D eigenvalue weighted by molar-refractivity contribution is -0.393. The van der Waals surface area contributed by atoms with Gasteiger partial charge >= 0.3 is 0 Å². The van der Waals surface area contributed by atoms with Gasteiger partial charge in [0.1, 0.15) is 5.69 Å². The monoisotopic (exact) mass is 341 g/mol. The van der Waals surface area contributed by atoms with Crippen molar-refractivity contribution in [2.45, 2.75) is 51.2 Å². The first-order chi connectivity index (χ1) is 11.0. The van der Waals surface area contributed by atoms with Gasteiger partial charge in [0.25, 0.3) is 11.4 Å². The first-order valence-electron chi connectivity index (χ1n) is 7.77. The van der Waals surface area contributed by atoms with Crippen LogP contribution in [0.3, 0.4) is 0 Å². The van der Waals surface area contributed by atoms with E-state index >= 15 is 0 Å². The van der Waals surface area contributed by atoms with Gasteiger partial charge in [0.05, 0.1) is 21.8 Å². The molecule has 1 aromatic carbocycles. The maximum Gasteiger partial charge on any atom is 0.299 e. The van der Waals surface area contributed by atoms with Gasteiger partial charge in [0, 0.05) is 11.3 Å². The fourth-order valence-corrected chi connectivity index (χ4v) is 3.24. The zero-order valence-electron chi connectivity index (χ0n) is 13.5. The summed E-state index contributed by atoms with van der Waals surface area (Å²) in [5.74, 6) is 0.545. The number of unbranched alkanes of at least 4 members (excludes halogenated alkanes) is 2. The van der Waals surface area contributed by atoms with Crippen molar-refractivity contribution < 1.29 is 9.85 Å². The Labute approximate surface area is 140 Å². The molecule has 0 amide bonds. The molecular weight excluding hydrogens is 318 g/mol. The normalized spacial score (nSPS) is 11.9. The van der Waals surface area contributed by atoms with Gasteiger partial charge in [-0.1, -0.05) is 33.1 Å². The third-order valence-corrected chi connectivity index (χ3v) is 4.91. The van der Waals surface area contributed by atoms with Crippen LogP contribution in [0.15, 0.2) is 18.2 Å². The van der Waals surface area contributed by atoms with Crippen LogP contribution in [0.2, 0.25) is 0 Å². The van der Waals surface area contributed by atoms with E-state index in [-0.39, 0.29) is 11.4 Å². The second-order valence-electron chi connectivity index (χ2n) is 5.23. The number of hydrogen-bond acceptors (Lipinski definition) is 6. The molecule has 23 heavy (non-hydrogen) atoms. The van der Waals surface area contributed by atoms with E-state index < -0.39 is 9.85 Å². The SMILES string of the molecule is CCCCC[C@H](CC)SCNc1ccc([N+](=O)[O-])cc1[N+](=O)[O-]. The lowest BCUT2D eigenvalue weighted by Gasteiger charge is -2.15. The van der Waals surface area contributed by atoms with Gasteiger partial charge in [-0.3, -0.25) is 20.2 Å². The molecule has 1 rings (SSSR count). The molecule has 0 aromatic heterocycles. The Bertz CT molecular complexity index is 539. The van der Waals surface area contributed by atoms with Gasteiger partial charge in [-0.2, -0.15) is 0 Å². The number of rotatable bonds is 11. The van der Waals surface area contributed by atoms with Crippen molar-refractivity contribution in [3.63, 3.8) is 0 Å². The summed E-state index contributed by atoms with van der Waals surface area (Å²) in [5.41, 5.74) is -0.226. The average molecular weight is 341 g/mol. The summed E-state index contributed by atoms with van der Waals surface area (Å²) in [5, 5.41) is 25.3. The van der Waals surface area contributed by atoms with Crippen LogP contribution in [0.4, 0.5) is 17.1 Å². The number of nitrogens with zero attached hydrogens (tertiary/aromatic N) is 2. The second-order valence-corrected chi connectivity index (χ2v) is 6.52. The Morgan fingerprint density at radius 3 is 2.48 bits per heavy atom. The Morgan fingerprint density at radius 2 is 1.91 bits per heavy atom. The fraction of sp³-hybridized carbons (Fsp3) is 0.600. The summed E-state index contributed by atoms with van der Waals surface area (Å²) in [7, 11) is 0. The van der Waals surface area contributed by atoms with E-state index in [0.29, 0.717) is 16.8 Å². The Morgan fingerprint density at radius 1 is 1.17 bits per heavy atom. The minimum absolute atomic E-state index is 0.265. The maximum atomic E-state index is 11.1. The Hall–Kier alpha value is -1.83. The molecule has 0 aliphatic heterocycles. The van der Waals surface area contributed by atoms with Gasteiger partial charge in [-0.25, -0.2) is 0 Å². The molecule has 0 unspecified atom stereocenters. The van der Waals surface area contributed by atoms with Crippen LogP contribution >= 0.6 is 11.8 Å². The topological polar surface area (TPSA) is 98.3 Å². The number of anilines is 1. The predicted molar refractivity (Wildman–Crippen MR) is 94.1 cm³/mol. The van der Waals surface area contributed by atoms with Gasteiger partial charge in [-0.15, -0.1) is 11.8 Å². The highest BCUT2D eigenvalue weighted by Crippen LogP contribution is 2.30. The van der Waals surface area contributed by atoms with Crippen LogP contribution in [0.1, 0.15) is 46.0 Å². The molecule has 1 N–H and O–H groups in total. The fourth-order valence-electron chi connectivity index (χ4n) is 2.20. The van der Waals surface area contributed by atoms with Crippen LogP contribution < -0.4 is 5.32 Å². The summed E-state index contributed by atoms with van der Waals surface area (Å²) < 4.78 is 0. The van der Waals surface area contributed by atoms with E-state index in [9.17, 15) is 20.2 Å².